The smallest absolute Gasteiger partial charge is 0.244 e. The number of fused-ring (bicyclic) bond motifs is 1. The number of amides is 1. The van der Waals surface area contributed by atoms with Crippen LogP contribution in [0.2, 0.25) is 0 Å². The van der Waals surface area contributed by atoms with E-state index in [0.29, 0.717) is 24.3 Å². The predicted molar refractivity (Wildman–Crippen MR) is 126 cm³/mol. The number of rotatable bonds is 4. The van der Waals surface area contributed by atoms with E-state index in [1.165, 1.54) is 12.1 Å². The number of nitrogens with zero attached hydrogens (tertiary/aromatic N) is 6. The van der Waals surface area contributed by atoms with Gasteiger partial charge >= 0.3 is 0 Å². The van der Waals surface area contributed by atoms with Crippen molar-refractivity contribution in [1.82, 2.24) is 24.5 Å². The lowest BCUT2D eigenvalue weighted by Gasteiger charge is -2.30. The van der Waals surface area contributed by atoms with Gasteiger partial charge in [-0.3, -0.25) is 14.2 Å². The van der Waals surface area contributed by atoms with Crippen LogP contribution >= 0.6 is 0 Å². The van der Waals surface area contributed by atoms with Crippen LogP contribution in [0.1, 0.15) is 18.4 Å². The first-order valence-electron chi connectivity index (χ1n) is 11.2. The summed E-state index contributed by atoms with van der Waals surface area (Å²) in [6, 6.07) is 12.2. The Bertz CT molecular complexity index is 1430. The molecule has 4 aromatic rings. The first-order valence-corrected chi connectivity index (χ1v) is 11.2. The van der Waals surface area contributed by atoms with Gasteiger partial charge in [-0.25, -0.2) is 4.39 Å². The van der Waals surface area contributed by atoms with Gasteiger partial charge in [0.1, 0.15) is 24.1 Å². The first kappa shape index (κ1) is 21.8. The zero-order valence-electron chi connectivity index (χ0n) is 18.8. The SMILES string of the molecule is Cn1ncc2cc(-c3cn(CC(=O)N4CCCC(N)C4)nc3-c3ccc(C#N)c(F)c3)ccc21. The third kappa shape index (κ3) is 4.04. The number of halogens is 1. The van der Waals surface area contributed by atoms with Gasteiger partial charge in [-0.2, -0.15) is 15.5 Å². The Morgan fingerprint density at radius 1 is 1.26 bits per heavy atom. The van der Waals surface area contributed by atoms with E-state index in [9.17, 15) is 9.18 Å². The monoisotopic (exact) mass is 457 g/mol. The minimum absolute atomic E-state index is 0.00530. The molecule has 9 heteroatoms. The first-order chi connectivity index (χ1) is 16.4. The van der Waals surface area contributed by atoms with Crippen LogP contribution in [0.4, 0.5) is 4.39 Å². The van der Waals surface area contributed by atoms with E-state index in [2.05, 4.69) is 10.2 Å². The lowest BCUT2D eigenvalue weighted by atomic mass is 10.00. The number of hydrogen-bond donors (Lipinski definition) is 1. The second kappa shape index (κ2) is 8.72. The van der Waals surface area contributed by atoms with Crippen molar-refractivity contribution in [3.05, 3.63) is 60.2 Å². The summed E-state index contributed by atoms with van der Waals surface area (Å²) in [6.45, 7) is 1.29. The number of carbonyl (C=O) groups excluding carboxylic acids is 1. The molecule has 1 amide bonds. The fourth-order valence-electron chi connectivity index (χ4n) is 4.49. The molecule has 0 bridgehead atoms. The molecule has 1 aliphatic rings. The molecule has 34 heavy (non-hydrogen) atoms. The van der Waals surface area contributed by atoms with Crippen molar-refractivity contribution in [2.75, 3.05) is 13.1 Å². The maximum Gasteiger partial charge on any atom is 0.244 e. The fourth-order valence-corrected chi connectivity index (χ4v) is 4.49. The number of aryl methyl sites for hydroxylation is 1. The average molecular weight is 458 g/mol. The van der Waals surface area contributed by atoms with Crippen LogP contribution in [0.25, 0.3) is 33.3 Å². The Labute approximate surface area is 196 Å². The van der Waals surface area contributed by atoms with Crippen LogP contribution < -0.4 is 5.73 Å². The molecular formula is C25H24FN7O. The highest BCUT2D eigenvalue weighted by Gasteiger charge is 2.23. The largest absolute Gasteiger partial charge is 0.340 e. The number of piperidine rings is 1. The second-order valence-corrected chi connectivity index (χ2v) is 8.68. The number of nitriles is 1. The van der Waals surface area contributed by atoms with Crippen LogP contribution in [0, 0.1) is 17.1 Å². The predicted octanol–water partition coefficient (Wildman–Crippen LogP) is 3.06. The molecule has 2 aromatic carbocycles. The van der Waals surface area contributed by atoms with Crippen LogP contribution in [0.3, 0.4) is 0 Å². The van der Waals surface area contributed by atoms with Crippen molar-refractivity contribution >= 4 is 16.8 Å². The summed E-state index contributed by atoms with van der Waals surface area (Å²) < 4.78 is 17.8. The summed E-state index contributed by atoms with van der Waals surface area (Å²) in [7, 11) is 1.88. The Morgan fingerprint density at radius 3 is 2.85 bits per heavy atom. The topological polar surface area (TPSA) is 106 Å². The number of likely N-dealkylation sites (tertiary alicyclic amines) is 1. The average Bonchev–Trinajstić information content (AvgIpc) is 3.42. The number of nitrogens with two attached hydrogens (primary N) is 1. The molecule has 2 aromatic heterocycles. The lowest BCUT2D eigenvalue weighted by molar-refractivity contribution is -0.133. The Morgan fingerprint density at radius 2 is 2.09 bits per heavy atom. The molecular weight excluding hydrogens is 433 g/mol. The molecule has 1 aliphatic heterocycles. The van der Waals surface area contributed by atoms with E-state index in [4.69, 9.17) is 11.0 Å². The molecule has 1 unspecified atom stereocenters. The minimum atomic E-state index is -0.610. The lowest BCUT2D eigenvalue weighted by Crippen LogP contribution is -2.46. The van der Waals surface area contributed by atoms with Gasteiger partial charge < -0.3 is 10.6 Å². The van der Waals surface area contributed by atoms with Crippen LogP contribution in [-0.4, -0.2) is 49.5 Å². The summed E-state index contributed by atoms with van der Waals surface area (Å²) in [5, 5.41) is 19.0. The van der Waals surface area contributed by atoms with E-state index in [0.717, 1.165) is 34.9 Å². The van der Waals surface area contributed by atoms with Crippen molar-refractivity contribution in [2.45, 2.75) is 25.4 Å². The van der Waals surface area contributed by atoms with Gasteiger partial charge in [-0.05, 0) is 42.7 Å². The Kier molecular flexibility index (Phi) is 5.59. The molecule has 8 nitrogen and oxygen atoms in total. The molecule has 172 valence electrons. The number of carbonyl (C=O) groups is 1. The van der Waals surface area contributed by atoms with Gasteiger partial charge in [0.15, 0.2) is 0 Å². The standard InChI is InChI=1S/C25H24FN7O/c1-31-23-7-6-16(9-19(23)12-29-31)21-14-33(15-24(34)32-8-2-3-20(28)13-32)30-25(21)17-4-5-18(11-27)22(26)10-17/h4-7,9-10,12,14,20H,2-3,8,13,15,28H2,1H3. The summed E-state index contributed by atoms with van der Waals surface area (Å²) in [5.41, 5.74) is 9.70. The molecule has 0 aliphatic carbocycles. The van der Waals surface area contributed by atoms with E-state index >= 15 is 0 Å². The second-order valence-electron chi connectivity index (χ2n) is 8.68. The normalized spacial score (nSPS) is 16.1. The molecule has 3 heterocycles. The molecule has 1 fully saturated rings. The van der Waals surface area contributed by atoms with Gasteiger partial charge in [0.25, 0.3) is 0 Å². The minimum Gasteiger partial charge on any atom is -0.340 e. The molecule has 0 spiro atoms. The molecule has 0 saturated carbocycles. The summed E-state index contributed by atoms with van der Waals surface area (Å²) in [5.74, 6) is -0.661. The maximum atomic E-state index is 14.4. The number of benzene rings is 2. The van der Waals surface area contributed by atoms with Crippen molar-refractivity contribution in [3.63, 3.8) is 0 Å². The molecule has 1 atom stereocenters. The Balaban J connectivity index is 1.55. The quantitative estimate of drug-likeness (QED) is 0.507. The van der Waals surface area contributed by atoms with Crippen LogP contribution in [0.15, 0.2) is 48.8 Å². The van der Waals surface area contributed by atoms with E-state index in [1.54, 1.807) is 26.5 Å². The highest BCUT2D eigenvalue weighted by molar-refractivity contribution is 5.88. The zero-order chi connectivity index (χ0) is 23.8. The zero-order valence-corrected chi connectivity index (χ0v) is 18.8. The summed E-state index contributed by atoms with van der Waals surface area (Å²) >= 11 is 0. The maximum absolute atomic E-state index is 14.4. The van der Waals surface area contributed by atoms with E-state index in [1.807, 2.05) is 37.5 Å². The highest BCUT2D eigenvalue weighted by Crippen LogP contribution is 2.33. The highest BCUT2D eigenvalue weighted by atomic mass is 19.1. The summed E-state index contributed by atoms with van der Waals surface area (Å²) in [4.78, 5) is 14.7. The fraction of sp³-hybridized carbons (Fsp3) is 0.280. The molecule has 2 N–H and O–H groups in total. The third-order valence-electron chi connectivity index (χ3n) is 6.29. The van der Waals surface area contributed by atoms with Gasteiger partial charge in [-0.1, -0.05) is 12.1 Å². The van der Waals surface area contributed by atoms with Crippen molar-refractivity contribution in [2.24, 2.45) is 12.8 Å². The summed E-state index contributed by atoms with van der Waals surface area (Å²) in [6.07, 6.45) is 5.40. The van der Waals surface area contributed by atoms with Crippen molar-refractivity contribution in [3.8, 4) is 28.5 Å². The van der Waals surface area contributed by atoms with Gasteiger partial charge in [0.05, 0.1) is 17.3 Å². The number of aromatic nitrogens is 4. The van der Waals surface area contributed by atoms with Crippen molar-refractivity contribution < 1.29 is 9.18 Å². The van der Waals surface area contributed by atoms with Gasteiger partial charge in [-0.15, -0.1) is 0 Å². The van der Waals surface area contributed by atoms with Crippen molar-refractivity contribution in [1.29, 1.82) is 5.26 Å². The van der Waals surface area contributed by atoms with Gasteiger partial charge in [0.2, 0.25) is 5.91 Å². The molecule has 0 radical (unpaired) electrons. The third-order valence-corrected chi connectivity index (χ3v) is 6.29. The van der Waals surface area contributed by atoms with Crippen LogP contribution in [-0.2, 0) is 18.4 Å². The van der Waals surface area contributed by atoms with Gasteiger partial charge in [0, 0.05) is 48.9 Å². The van der Waals surface area contributed by atoms with E-state index in [-0.39, 0.29) is 24.1 Å². The van der Waals surface area contributed by atoms with Crippen LogP contribution in [0.5, 0.6) is 0 Å². The molecule has 1 saturated heterocycles. The molecule has 5 rings (SSSR count). The Hall–Kier alpha value is -4.03. The number of hydrogen-bond acceptors (Lipinski definition) is 5. The van der Waals surface area contributed by atoms with E-state index < -0.39 is 5.82 Å².